The van der Waals surface area contributed by atoms with Crippen molar-refractivity contribution in [2.75, 3.05) is 7.11 Å². The first kappa shape index (κ1) is 25.8. The molecule has 0 bridgehead atoms. The van der Waals surface area contributed by atoms with E-state index in [1.54, 1.807) is 30.3 Å². The zero-order chi connectivity index (χ0) is 25.9. The maximum atomic E-state index is 14.3. The molecule has 4 nitrogen and oxygen atoms in total. The zero-order valence-corrected chi connectivity index (χ0v) is 20.3. The molecule has 1 heterocycles. The van der Waals surface area contributed by atoms with Gasteiger partial charge in [0.2, 0.25) is 0 Å². The van der Waals surface area contributed by atoms with Crippen LogP contribution >= 0.6 is 23.4 Å². The Morgan fingerprint density at radius 1 is 1.06 bits per heavy atom. The third-order valence-electron chi connectivity index (χ3n) is 5.25. The standard InChI is InChI=1S/C26H18ClF4NO3S/c1-34-25(33)22-23(35-13-15-6-4-7-16(12-15)26(29,30)31)17-8-2-3-11-21(17)32-24(22)36-14-18-19(27)9-5-10-20(18)28/h2-12H,13-14H2,1H3. The molecule has 0 aliphatic rings. The van der Waals surface area contributed by atoms with E-state index in [1.165, 1.54) is 31.4 Å². The van der Waals surface area contributed by atoms with Gasteiger partial charge in [-0.15, -0.1) is 11.8 Å². The van der Waals surface area contributed by atoms with E-state index < -0.39 is 23.5 Å². The van der Waals surface area contributed by atoms with E-state index in [4.69, 9.17) is 21.1 Å². The predicted octanol–water partition coefficient (Wildman–Crippen LogP) is 7.70. The van der Waals surface area contributed by atoms with E-state index in [9.17, 15) is 22.4 Å². The number of para-hydroxylation sites is 1. The van der Waals surface area contributed by atoms with Gasteiger partial charge in [-0.05, 0) is 42.0 Å². The number of alkyl halides is 3. The Morgan fingerprint density at radius 2 is 1.81 bits per heavy atom. The first-order valence-electron chi connectivity index (χ1n) is 10.5. The molecule has 0 amide bonds. The van der Waals surface area contributed by atoms with Gasteiger partial charge in [-0.1, -0.05) is 41.9 Å². The number of carbonyl (C=O) groups is 1. The molecule has 1 aromatic heterocycles. The summed E-state index contributed by atoms with van der Waals surface area (Å²) in [4.78, 5) is 17.4. The Labute approximate surface area is 213 Å². The van der Waals surface area contributed by atoms with Gasteiger partial charge in [0.1, 0.15) is 28.8 Å². The highest BCUT2D eigenvalue weighted by atomic mass is 35.5. The van der Waals surface area contributed by atoms with Crippen LogP contribution in [0, 0.1) is 5.82 Å². The number of aromatic nitrogens is 1. The van der Waals surface area contributed by atoms with Gasteiger partial charge >= 0.3 is 12.1 Å². The number of nitrogens with zero attached hydrogens (tertiary/aromatic N) is 1. The minimum Gasteiger partial charge on any atom is -0.487 e. The van der Waals surface area contributed by atoms with Gasteiger partial charge in [-0.25, -0.2) is 14.2 Å². The van der Waals surface area contributed by atoms with Crippen LogP contribution in [0.3, 0.4) is 0 Å². The van der Waals surface area contributed by atoms with E-state index in [-0.39, 0.29) is 44.8 Å². The number of fused-ring (bicyclic) bond motifs is 1. The maximum absolute atomic E-state index is 14.3. The molecule has 4 aromatic rings. The molecule has 0 saturated carbocycles. The van der Waals surface area contributed by atoms with Crippen LogP contribution in [0.5, 0.6) is 5.75 Å². The second-order valence-corrected chi connectivity index (χ2v) is 8.98. The second kappa shape index (κ2) is 10.8. The zero-order valence-electron chi connectivity index (χ0n) is 18.7. The van der Waals surface area contributed by atoms with Crippen LogP contribution in [0.1, 0.15) is 27.0 Å². The number of pyridine rings is 1. The summed E-state index contributed by atoms with van der Waals surface area (Å²) in [5, 5.41) is 0.904. The summed E-state index contributed by atoms with van der Waals surface area (Å²) in [6.07, 6.45) is -4.51. The number of hydrogen-bond acceptors (Lipinski definition) is 5. The minimum absolute atomic E-state index is 0.0133. The van der Waals surface area contributed by atoms with Gasteiger partial charge in [0, 0.05) is 21.7 Å². The van der Waals surface area contributed by atoms with Gasteiger partial charge in [0.05, 0.1) is 18.2 Å². The van der Waals surface area contributed by atoms with Gasteiger partial charge in [0.25, 0.3) is 0 Å². The summed E-state index contributed by atoms with van der Waals surface area (Å²) in [7, 11) is 1.19. The first-order valence-corrected chi connectivity index (χ1v) is 11.9. The molecule has 10 heteroatoms. The lowest BCUT2D eigenvalue weighted by molar-refractivity contribution is -0.137. The number of rotatable bonds is 7. The number of methoxy groups -OCH3 is 1. The summed E-state index contributed by atoms with van der Waals surface area (Å²) in [5.74, 6) is -1.09. The van der Waals surface area contributed by atoms with Gasteiger partial charge in [-0.3, -0.25) is 0 Å². The maximum Gasteiger partial charge on any atom is 0.416 e. The van der Waals surface area contributed by atoms with E-state index in [2.05, 4.69) is 4.98 Å². The molecule has 0 atom stereocenters. The molecule has 186 valence electrons. The number of carbonyl (C=O) groups excluding carboxylic acids is 1. The molecule has 0 saturated heterocycles. The van der Waals surface area contributed by atoms with Crippen LogP contribution in [0.4, 0.5) is 17.6 Å². The van der Waals surface area contributed by atoms with E-state index in [0.717, 1.165) is 23.9 Å². The lowest BCUT2D eigenvalue weighted by Crippen LogP contribution is -2.11. The van der Waals surface area contributed by atoms with Crippen molar-refractivity contribution in [3.8, 4) is 5.75 Å². The molecule has 0 spiro atoms. The van der Waals surface area contributed by atoms with Crippen LogP contribution in [-0.4, -0.2) is 18.1 Å². The minimum atomic E-state index is -4.51. The van der Waals surface area contributed by atoms with Crippen molar-refractivity contribution in [3.05, 3.63) is 99.8 Å². The smallest absolute Gasteiger partial charge is 0.416 e. The molecule has 0 unspecified atom stereocenters. The van der Waals surface area contributed by atoms with Gasteiger partial charge in [0.15, 0.2) is 0 Å². The van der Waals surface area contributed by atoms with Crippen molar-refractivity contribution in [2.45, 2.75) is 23.6 Å². The summed E-state index contributed by atoms with van der Waals surface area (Å²) < 4.78 is 64.6. The third kappa shape index (κ3) is 5.57. The molecule has 36 heavy (non-hydrogen) atoms. The lowest BCUT2D eigenvalue weighted by Gasteiger charge is -2.17. The van der Waals surface area contributed by atoms with E-state index in [1.807, 2.05) is 0 Å². The van der Waals surface area contributed by atoms with Crippen molar-refractivity contribution < 1.29 is 31.8 Å². The topological polar surface area (TPSA) is 48.4 Å². The van der Waals surface area contributed by atoms with Crippen molar-refractivity contribution in [3.63, 3.8) is 0 Å². The molecule has 0 fully saturated rings. The highest BCUT2D eigenvalue weighted by Gasteiger charge is 2.30. The Kier molecular flexibility index (Phi) is 7.70. The number of benzene rings is 3. The van der Waals surface area contributed by atoms with Crippen LogP contribution in [0.25, 0.3) is 10.9 Å². The summed E-state index contributed by atoms with van der Waals surface area (Å²) in [6.45, 7) is -0.245. The van der Waals surface area contributed by atoms with Crippen molar-refractivity contribution in [1.29, 1.82) is 0 Å². The number of halogens is 5. The molecular formula is C26H18ClF4NO3S. The Bertz CT molecular complexity index is 1410. The highest BCUT2D eigenvalue weighted by Crippen LogP contribution is 2.38. The molecule has 0 radical (unpaired) electrons. The Balaban J connectivity index is 1.76. The van der Waals surface area contributed by atoms with Crippen LogP contribution in [0.15, 0.2) is 71.8 Å². The Morgan fingerprint density at radius 3 is 2.53 bits per heavy atom. The van der Waals surface area contributed by atoms with Crippen LogP contribution in [0.2, 0.25) is 5.02 Å². The average Bonchev–Trinajstić information content (AvgIpc) is 2.86. The molecular weight excluding hydrogens is 518 g/mol. The third-order valence-corrected chi connectivity index (χ3v) is 6.61. The first-order chi connectivity index (χ1) is 17.2. The van der Waals surface area contributed by atoms with Gasteiger partial charge in [-0.2, -0.15) is 13.2 Å². The van der Waals surface area contributed by atoms with Crippen molar-refractivity contribution >= 4 is 40.2 Å². The average molecular weight is 536 g/mol. The van der Waals surface area contributed by atoms with E-state index >= 15 is 0 Å². The number of ether oxygens (including phenoxy) is 2. The fourth-order valence-electron chi connectivity index (χ4n) is 3.50. The van der Waals surface area contributed by atoms with Crippen molar-refractivity contribution in [1.82, 2.24) is 4.98 Å². The number of esters is 1. The highest BCUT2D eigenvalue weighted by molar-refractivity contribution is 7.98. The normalized spacial score (nSPS) is 11.5. The summed E-state index contributed by atoms with van der Waals surface area (Å²) in [6, 6.07) is 15.9. The second-order valence-electron chi connectivity index (χ2n) is 7.61. The largest absolute Gasteiger partial charge is 0.487 e. The molecule has 0 aliphatic carbocycles. The van der Waals surface area contributed by atoms with Crippen molar-refractivity contribution in [2.24, 2.45) is 0 Å². The van der Waals surface area contributed by atoms with Crippen LogP contribution < -0.4 is 4.74 Å². The molecule has 0 N–H and O–H groups in total. The predicted molar refractivity (Wildman–Crippen MR) is 130 cm³/mol. The quantitative estimate of drug-likeness (QED) is 0.138. The lowest BCUT2D eigenvalue weighted by atomic mass is 10.1. The Hall–Kier alpha value is -3.30. The molecule has 0 aliphatic heterocycles. The fourth-order valence-corrected chi connectivity index (χ4v) is 4.87. The van der Waals surface area contributed by atoms with Gasteiger partial charge < -0.3 is 9.47 Å². The van der Waals surface area contributed by atoms with Crippen LogP contribution in [-0.2, 0) is 23.3 Å². The number of hydrogen-bond donors (Lipinski definition) is 0. The SMILES string of the molecule is COC(=O)c1c(SCc2c(F)cccc2Cl)nc2ccccc2c1OCc1cccc(C(F)(F)F)c1. The molecule has 4 rings (SSSR count). The summed E-state index contributed by atoms with van der Waals surface area (Å²) in [5.41, 5.74) is 0.150. The summed E-state index contributed by atoms with van der Waals surface area (Å²) >= 11 is 7.21. The van der Waals surface area contributed by atoms with E-state index in [0.29, 0.717) is 10.9 Å². The monoisotopic (exact) mass is 535 g/mol. The number of thioether (sulfide) groups is 1. The fraction of sp³-hybridized carbons (Fsp3) is 0.154. The molecule has 3 aromatic carbocycles.